The van der Waals surface area contributed by atoms with Crippen molar-refractivity contribution in [1.29, 1.82) is 0 Å². The van der Waals surface area contributed by atoms with E-state index in [2.05, 4.69) is 20.1 Å². The highest BCUT2D eigenvalue weighted by atomic mass is 32.2. The Morgan fingerprint density at radius 1 is 1.06 bits per heavy atom. The summed E-state index contributed by atoms with van der Waals surface area (Å²) in [6.45, 7) is 5.53. The van der Waals surface area contributed by atoms with Crippen LogP contribution in [0.4, 0.5) is 0 Å². The summed E-state index contributed by atoms with van der Waals surface area (Å²) in [6.07, 6.45) is 11.9. The number of hydrogen-bond acceptors (Lipinski definition) is 2. The summed E-state index contributed by atoms with van der Waals surface area (Å²) in [5, 5.41) is 0. The van der Waals surface area contributed by atoms with Gasteiger partial charge in [-0.1, -0.05) is 39.5 Å². The van der Waals surface area contributed by atoms with Crippen LogP contribution in [0, 0.1) is 18.1 Å². The number of ether oxygens (including phenoxy) is 1. The summed E-state index contributed by atoms with van der Waals surface area (Å²) in [7, 11) is 1.81. The first kappa shape index (κ1) is 16.3. The number of rotatable bonds is 11. The van der Waals surface area contributed by atoms with E-state index in [4.69, 9.17) is 4.74 Å². The van der Waals surface area contributed by atoms with Gasteiger partial charge in [0.25, 0.3) is 0 Å². The average Bonchev–Trinajstić information content (AvgIpc) is 2.24. The van der Waals surface area contributed by atoms with E-state index in [0.717, 1.165) is 18.4 Å². The molecule has 0 bridgehead atoms. The predicted molar refractivity (Wildman–Crippen MR) is 75.7 cm³/mol. The van der Waals surface area contributed by atoms with Gasteiger partial charge in [-0.25, -0.2) is 0 Å². The van der Waals surface area contributed by atoms with Gasteiger partial charge in [-0.2, -0.15) is 11.8 Å². The molecule has 0 heterocycles. The Morgan fingerprint density at radius 2 is 1.75 bits per heavy atom. The van der Waals surface area contributed by atoms with E-state index in [0.29, 0.717) is 0 Å². The molecular weight excluding hydrogens is 216 g/mol. The van der Waals surface area contributed by atoms with Crippen molar-refractivity contribution in [2.75, 3.05) is 19.5 Å². The quantitative estimate of drug-likeness (QED) is 0.485. The van der Waals surface area contributed by atoms with E-state index in [1.807, 2.05) is 7.11 Å². The number of thioether (sulfide) groups is 1. The van der Waals surface area contributed by atoms with Crippen LogP contribution >= 0.6 is 11.8 Å². The summed E-state index contributed by atoms with van der Waals surface area (Å²) in [5.41, 5.74) is 0. The van der Waals surface area contributed by atoms with E-state index < -0.39 is 0 Å². The van der Waals surface area contributed by atoms with Crippen LogP contribution in [-0.2, 0) is 4.74 Å². The van der Waals surface area contributed by atoms with Crippen molar-refractivity contribution in [3.8, 4) is 0 Å². The van der Waals surface area contributed by atoms with Crippen LogP contribution < -0.4 is 0 Å². The second kappa shape index (κ2) is 11.8. The van der Waals surface area contributed by atoms with Gasteiger partial charge in [0.15, 0.2) is 0 Å². The maximum Gasteiger partial charge on any atom is 0.0490 e. The van der Waals surface area contributed by atoms with Crippen LogP contribution in [0.2, 0.25) is 0 Å². The molecule has 0 fully saturated rings. The van der Waals surface area contributed by atoms with Crippen molar-refractivity contribution in [2.24, 2.45) is 11.8 Å². The van der Waals surface area contributed by atoms with Gasteiger partial charge in [0, 0.05) is 20.0 Å². The van der Waals surface area contributed by atoms with Crippen molar-refractivity contribution in [3.05, 3.63) is 6.26 Å². The third-order valence-corrected chi connectivity index (χ3v) is 3.49. The maximum absolute atomic E-state index is 5.27. The molecule has 0 saturated carbocycles. The van der Waals surface area contributed by atoms with E-state index >= 15 is 0 Å². The number of unbranched alkanes of at least 4 members (excludes halogenated alkanes) is 2. The Labute approximate surface area is 107 Å². The molecule has 0 rings (SSSR count). The molecule has 16 heavy (non-hydrogen) atoms. The minimum Gasteiger partial charge on any atom is -0.384 e. The molecule has 0 N–H and O–H groups in total. The lowest BCUT2D eigenvalue weighted by atomic mass is 9.97. The van der Waals surface area contributed by atoms with E-state index in [9.17, 15) is 0 Å². The molecule has 0 aromatic heterocycles. The summed E-state index contributed by atoms with van der Waals surface area (Å²) in [4.78, 5) is 0. The fourth-order valence-corrected chi connectivity index (χ4v) is 2.46. The first-order valence-corrected chi connectivity index (χ1v) is 7.72. The van der Waals surface area contributed by atoms with E-state index in [-0.39, 0.29) is 0 Å². The third kappa shape index (κ3) is 10.8. The first-order chi connectivity index (χ1) is 7.70. The standard InChI is InChI=1S/C14H29OS/c1-13(2)8-6-5-7-9-14(12-15-3)10-11-16-4/h13-14H,4-12H2,1-3H3/t14-/m1/s1. The molecule has 1 atom stereocenters. The van der Waals surface area contributed by atoms with Crippen LogP contribution in [0.5, 0.6) is 0 Å². The van der Waals surface area contributed by atoms with Gasteiger partial charge in [-0.05, 0) is 30.4 Å². The molecule has 2 heteroatoms. The monoisotopic (exact) mass is 245 g/mol. The van der Waals surface area contributed by atoms with Crippen molar-refractivity contribution in [3.63, 3.8) is 0 Å². The second-order valence-corrected chi connectivity index (χ2v) is 5.87. The van der Waals surface area contributed by atoms with Crippen molar-refractivity contribution < 1.29 is 4.74 Å². The minimum absolute atomic E-state index is 0.748. The Kier molecular flexibility index (Phi) is 12.0. The smallest absolute Gasteiger partial charge is 0.0490 e. The molecule has 0 aromatic carbocycles. The molecule has 0 unspecified atom stereocenters. The van der Waals surface area contributed by atoms with Crippen LogP contribution in [0.25, 0.3) is 0 Å². The third-order valence-electron chi connectivity index (χ3n) is 2.97. The van der Waals surface area contributed by atoms with Crippen LogP contribution in [0.3, 0.4) is 0 Å². The summed E-state index contributed by atoms with van der Waals surface area (Å²) >= 11 is 1.70. The van der Waals surface area contributed by atoms with E-state index in [1.54, 1.807) is 11.8 Å². The maximum atomic E-state index is 5.27. The summed E-state index contributed by atoms with van der Waals surface area (Å²) in [6, 6.07) is 0. The SMILES string of the molecule is [CH2]SCC[C@@H](CCCCCC(C)C)COC. The zero-order chi connectivity index (χ0) is 12.2. The van der Waals surface area contributed by atoms with Crippen LogP contribution in [0.15, 0.2) is 0 Å². The molecule has 0 spiro atoms. The molecule has 0 aromatic rings. The molecule has 97 valence electrons. The van der Waals surface area contributed by atoms with Gasteiger partial charge in [0.2, 0.25) is 0 Å². The number of hydrogen-bond donors (Lipinski definition) is 0. The molecule has 0 saturated heterocycles. The summed E-state index contributed by atoms with van der Waals surface area (Å²) in [5.74, 6) is 2.77. The van der Waals surface area contributed by atoms with Crippen molar-refractivity contribution in [2.45, 2.75) is 52.4 Å². The normalized spacial score (nSPS) is 13.3. The van der Waals surface area contributed by atoms with Crippen LogP contribution in [0.1, 0.15) is 52.4 Å². The Hall–Kier alpha value is 0.310. The van der Waals surface area contributed by atoms with Gasteiger partial charge in [-0.15, -0.1) is 0 Å². The highest BCUT2D eigenvalue weighted by Crippen LogP contribution is 2.18. The second-order valence-electron chi connectivity index (χ2n) is 5.05. The van der Waals surface area contributed by atoms with Crippen molar-refractivity contribution in [1.82, 2.24) is 0 Å². The zero-order valence-corrected chi connectivity index (χ0v) is 12.2. The average molecular weight is 245 g/mol. The van der Waals surface area contributed by atoms with Crippen LogP contribution in [-0.4, -0.2) is 19.5 Å². The highest BCUT2D eigenvalue weighted by molar-refractivity contribution is 8.00. The lowest BCUT2D eigenvalue weighted by molar-refractivity contribution is 0.144. The molecule has 1 radical (unpaired) electrons. The van der Waals surface area contributed by atoms with Gasteiger partial charge in [-0.3, -0.25) is 0 Å². The zero-order valence-electron chi connectivity index (χ0n) is 11.3. The number of methoxy groups -OCH3 is 1. The fraction of sp³-hybridized carbons (Fsp3) is 0.929. The molecule has 0 aliphatic heterocycles. The lowest BCUT2D eigenvalue weighted by Gasteiger charge is -2.15. The Balaban J connectivity index is 3.43. The van der Waals surface area contributed by atoms with Gasteiger partial charge >= 0.3 is 0 Å². The van der Waals surface area contributed by atoms with E-state index in [1.165, 1.54) is 44.3 Å². The fourth-order valence-electron chi connectivity index (χ4n) is 1.96. The highest BCUT2D eigenvalue weighted by Gasteiger charge is 2.07. The topological polar surface area (TPSA) is 9.23 Å². The first-order valence-electron chi connectivity index (χ1n) is 6.56. The van der Waals surface area contributed by atoms with Gasteiger partial charge in [0.1, 0.15) is 0 Å². The van der Waals surface area contributed by atoms with Gasteiger partial charge < -0.3 is 4.74 Å². The largest absolute Gasteiger partial charge is 0.384 e. The Morgan fingerprint density at radius 3 is 2.31 bits per heavy atom. The molecule has 0 aliphatic carbocycles. The predicted octanol–water partition coefficient (Wildman–Crippen LogP) is 4.77. The Bertz CT molecular complexity index is 137. The molecular formula is C14H29OS. The molecule has 0 amide bonds. The van der Waals surface area contributed by atoms with Gasteiger partial charge in [0.05, 0.1) is 0 Å². The van der Waals surface area contributed by atoms with Crippen molar-refractivity contribution >= 4 is 11.8 Å². The molecule has 1 nitrogen and oxygen atoms in total. The lowest BCUT2D eigenvalue weighted by Crippen LogP contribution is -2.09. The summed E-state index contributed by atoms with van der Waals surface area (Å²) < 4.78 is 5.27. The molecule has 0 aliphatic rings. The minimum atomic E-state index is 0.748.